The molecule has 7 heteroatoms. The molecule has 0 bridgehead atoms. The minimum Gasteiger partial charge on any atom is -0.326 e. The number of benzene rings is 1. The fourth-order valence-corrected chi connectivity index (χ4v) is 2.58. The Balaban J connectivity index is 1.98. The molecule has 0 radical (unpaired) electrons. The van der Waals surface area contributed by atoms with Crippen molar-refractivity contribution in [3.8, 4) is 0 Å². The van der Waals surface area contributed by atoms with Gasteiger partial charge >= 0.3 is 0 Å². The van der Waals surface area contributed by atoms with Gasteiger partial charge in [0.15, 0.2) is 0 Å². The van der Waals surface area contributed by atoms with E-state index in [1.807, 2.05) is 0 Å². The lowest BCUT2D eigenvalue weighted by molar-refractivity contribution is -0.115. The number of nitrogens with one attached hydrogen (secondary N) is 2. The van der Waals surface area contributed by atoms with Crippen LogP contribution in [-0.4, -0.2) is 22.0 Å². The first-order chi connectivity index (χ1) is 10.6. The van der Waals surface area contributed by atoms with Crippen molar-refractivity contribution in [2.24, 2.45) is 0 Å². The highest BCUT2D eigenvalue weighted by Crippen LogP contribution is 2.18. The summed E-state index contributed by atoms with van der Waals surface area (Å²) in [5.41, 5.74) is 1.17. The Kier molecular flexibility index (Phi) is 5.60. The molecule has 6 nitrogen and oxygen atoms in total. The van der Waals surface area contributed by atoms with E-state index in [4.69, 9.17) is 0 Å². The average Bonchev–Trinajstić information content (AvgIpc) is 2.95. The van der Waals surface area contributed by atoms with Crippen LogP contribution >= 0.6 is 11.3 Å². The fraction of sp³-hybridized carbons (Fsp3) is 0.333. The second kappa shape index (κ2) is 7.65. The summed E-state index contributed by atoms with van der Waals surface area (Å²) >= 11 is 1.38. The largest absolute Gasteiger partial charge is 0.326 e. The quantitative estimate of drug-likeness (QED) is 0.857. The number of hydrogen-bond acceptors (Lipinski definition) is 5. The molecule has 0 saturated heterocycles. The number of nitrogens with zero attached hydrogens (tertiary/aromatic N) is 2. The van der Waals surface area contributed by atoms with Gasteiger partial charge in [-0.3, -0.25) is 14.9 Å². The van der Waals surface area contributed by atoms with Crippen molar-refractivity contribution in [2.75, 3.05) is 10.6 Å². The molecule has 1 heterocycles. The average molecular weight is 318 g/mol. The number of anilines is 2. The number of carbonyl (C=O) groups excluding carboxylic acids is 2. The van der Waals surface area contributed by atoms with Crippen LogP contribution in [0, 0.1) is 0 Å². The summed E-state index contributed by atoms with van der Waals surface area (Å²) in [7, 11) is 0. The molecule has 0 atom stereocenters. The molecule has 0 spiro atoms. The van der Waals surface area contributed by atoms with Crippen LogP contribution in [0.3, 0.4) is 0 Å². The number of aryl methyl sites for hydroxylation is 1. The van der Waals surface area contributed by atoms with Gasteiger partial charge in [-0.15, -0.1) is 10.2 Å². The lowest BCUT2D eigenvalue weighted by Gasteiger charge is -2.05. The number of hydrogen-bond donors (Lipinski definition) is 2. The summed E-state index contributed by atoms with van der Waals surface area (Å²) in [5.74, 6) is -0.304. The molecule has 0 aliphatic carbocycles. The number of rotatable bonds is 6. The van der Waals surface area contributed by atoms with Crippen LogP contribution in [0.15, 0.2) is 24.3 Å². The molecule has 0 aliphatic heterocycles. The molecule has 2 aromatic rings. The third kappa shape index (κ3) is 4.36. The van der Waals surface area contributed by atoms with Crippen LogP contribution in [-0.2, 0) is 11.2 Å². The topological polar surface area (TPSA) is 84.0 Å². The zero-order valence-electron chi connectivity index (χ0n) is 12.5. The van der Waals surface area contributed by atoms with Crippen molar-refractivity contribution in [3.63, 3.8) is 0 Å². The molecule has 0 unspecified atom stereocenters. The number of carbonyl (C=O) groups is 2. The molecule has 2 rings (SSSR count). The van der Waals surface area contributed by atoms with E-state index in [-0.39, 0.29) is 11.8 Å². The maximum atomic E-state index is 12.1. The monoisotopic (exact) mass is 318 g/mol. The summed E-state index contributed by atoms with van der Waals surface area (Å²) < 4.78 is 0. The van der Waals surface area contributed by atoms with Gasteiger partial charge in [-0.05, 0) is 30.7 Å². The molecule has 22 heavy (non-hydrogen) atoms. The van der Waals surface area contributed by atoms with E-state index < -0.39 is 0 Å². The third-order valence-electron chi connectivity index (χ3n) is 2.90. The lowest BCUT2D eigenvalue weighted by atomic mass is 10.2. The second-order valence-electron chi connectivity index (χ2n) is 4.68. The molecule has 116 valence electrons. The maximum absolute atomic E-state index is 12.1. The van der Waals surface area contributed by atoms with Gasteiger partial charge in [0.25, 0.3) is 5.91 Å². The molecular weight excluding hydrogens is 300 g/mol. The Labute approximate surface area is 133 Å². The van der Waals surface area contributed by atoms with Gasteiger partial charge in [0.05, 0.1) is 0 Å². The second-order valence-corrected chi connectivity index (χ2v) is 5.75. The van der Waals surface area contributed by atoms with E-state index in [0.29, 0.717) is 22.8 Å². The van der Waals surface area contributed by atoms with Gasteiger partial charge in [-0.25, -0.2) is 0 Å². The minimum absolute atomic E-state index is 0.0606. The van der Waals surface area contributed by atoms with E-state index in [9.17, 15) is 9.59 Å². The molecule has 0 fully saturated rings. The minimum atomic E-state index is -0.243. The smallest absolute Gasteiger partial charge is 0.257 e. The summed E-state index contributed by atoms with van der Waals surface area (Å²) in [5, 5.41) is 14.8. The highest BCUT2D eigenvalue weighted by Gasteiger charge is 2.10. The molecular formula is C15H18N4O2S. The number of aromatic nitrogens is 2. The summed E-state index contributed by atoms with van der Waals surface area (Å²) in [6.45, 7) is 3.85. The molecule has 2 amide bonds. The molecule has 0 aliphatic rings. The van der Waals surface area contributed by atoms with E-state index in [0.717, 1.165) is 17.8 Å². The van der Waals surface area contributed by atoms with Crippen LogP contribution < -0.4 is 10.6 Å². The van der Waals surface area contributed by atoms with Crippen LogP contribution in [0.4, 0.5) is 10.8 Å². The Hall–Kier alpha value is -2.28. The maximum Gasteiger partial charge on any atom is 0.257 e. The molecule has 1 aromatic carbocycles. The standard InChI is InChI=1S/C15H18N4O2S/c1-3-5-13-18-19-15(22-13)17-14(21)10-6-8-11(9-7-10)16-12(20)4-2/h6-9H,3-5H2,1-2H3,(H,16,20)(H,17,19,21). The highest BCUT2D eigenvalue weighted by molar-refractivity contribution is 7.15. The highest BCUT2D eigenvalue weighted by atomic mass is 32.1. The van der Waals surface area contributed by atoms with E-state index in [1.54, 1.807) is 31.2 Å². The Morgan fingerprint density at radius 3 is 2.45 bits per heavy atom. The fourth-order valence-electron chi connectivity index (χ4n) is 1.74. The zero-order chi connectivity index (χ0) is 15.9. The summed E-state index contributed by atoms with van der Waals surface area (Å²) in [4.78, 5) is 23.4. The lowest BCUT2D eigenvalue weighted by Crippen LogP contribution is -2.12. The SMILES string of the molecule is CCCc1nnc(NC(=O)c2ccc(NC(=O)CC)cc2)s1. The van der Waals surface area contributed by atoms with Crippen LogP contribution in [0.5, 0.6) is 0 Å². The first kappa shape index (κ1) is 16.1. The molecule has 1 aromatic heterocycles. The van der Waals surface area contributed by atoms with Crippen molar-refractivity contribution in [1.82, 2.24) is 10.2 Å². The van der Waals surface area contributed by atoms with Crippen LogP contribution in [0.25, 0.3) is 0 Å². The van der Waals surface area contributed by atoms with Crippen LogP contribution in [0.2, 0.25) is 0 Å². The Morgan fingerprint density at radius 2 is 1.82 bits per heavy atom. The van der Waals surface area contributed by atoms with Crippen molar-refractivity contribution >= 4 is 34.0 Å². The van der Waals surface area contributed by atoms with E-state index in [1.165, 1.54) is 11.3 Å². The first-order valence-electron chi connectivity index (χ1n) is 7.16. The van der Waals surface area contributed by atoms with Crippen molar-refractivity contribution in [1.29, 1.82) is 0 Å². The molecule has 0 saturated carbocycles. The Bertz CT molecular complexity index is 652. The van der Waals surface area contributed by atoms with Gasteiger partial charge in [0.2, 0.25) is 11.0 Å². The van der Waals surface area contributed by atoms with Crippen molar-refractivity contribution in [2.45, 2.75) is 33.1 Å². The van der Waals surface area contributed by atoms with Gasteiger partial charge in [-0.1, -0.05) is 25.2 Å². The number of amides is 2. The molecule has 2 N–H and O–H groups in total. The summed E-state index contributed by atoms with van der Waals surface area (Å²) in [6.07, 6.45) is 2.27. The third-order valence-corrected chi connectivity index (χ3v) is 3.80. The van der Waals surface area contributed by atoms with Gasteiger partial charge in [0, 0.05) is 24.1 Å². The van der Waals surface area contributed by atoms with Crippen molar-refractivity contribution < 1.29 is 9.59 Å². The van der Waals surface area contributed by atoms with Gasteiger partial charge < -0.3 is 5.32 Å². The van der Waals surface area contributed by atoms with Crippen LogP contribution in [0.1, 0.15) is 42.1 Å². The predicted molar refractivity (Wildman–Crippen MR) is 87.2 cm³/mol. The normalized spacial score (nSPS) is 10.3. The Morgan fingerprint density at radius 1 is 1.09 bits per heavy atom. The zero-order valence-corrected chi connectivity index (χ0v) is 13.4. The van der Waals surface area contributed by atoms with Gasteiger partial charge in [-0.2, -0.15) is 0 Å². The van der Waals surface area contributed by atoms with Crippen molar-refractivity contribution in [3.05, 3.63) is 34.8 Å². The first-order valence-corrected chi connectivity index (χ1v) is 7.97. The summed E-state index contributed by atoms with van der Waals surface area (Å²) in [6, 6.07) is 6.72. The van der Waals surface area contributed by atoms with Gasteiger partial charge in [0.1, 0.15) is 5.01 Å². The van der Waals surface area contributed by atoms with E-state index in [2.05, 4.69) is 27.8 Å². The predicted octanol–water partition coefficient (Wildman–Crippen LogP) is 3.09. The van der Waals surface area contributed by atoms with E-state index >= 15 is 0 Å².